The molecule has 0 saturated carbocycles. The van der Waals surface area contributed by atoms with Gasteiger partial charge in [0, 0.05) is 30.5 Å². The molecule has 27 heavy (non-hydrogen) atoms. The van der Waals surface area contributed by atoms with Crippen molar-refractivity contribution in [2.75, 3.05) is 18.0 Å². The molecule has 1 aliphatic rings. The fourth-order valence-electron chi connectivity index (χ4n) is 3.08. The minimum atomic E-state index is -0.500. The zero-order valence-corrected chi connectivity index (χ0v) is 16.6. The first-order valence-corrected chi connectivity index (χ1v) is 9.24. The van der Waals surface area contributed by atoms with E-state index in [1.807, 2.05) is 52.8 Å². The van der Waals surface area contributed by atoms with Gasteiger partial charge in [0.25, 0.3) is 0 Å². The molecule has 0 aromatic carbocycles. The van der Waals surface area contributed by atoms with E-state index in [1.165, 1.54) is 0 Å². The lowest BCUT2D eigenvalue weighted by molar-refractivity contribution is 0.0509. The largest absolute Gasteiger partial charge is 0.444 e. The van der Waals surface area contributed by atoms with Crippen molar-refractivity contribution in [2.45, 2.75) is 52.7 Å². The molecule has 0 unspecified atom stereocenters. The Bertz CT molecular complexity index is 817. The van der Waals surface area contributed by atoms with Crippen molar-refractivity contribution >= 4 is 11.9 Å². The van der Waals surface area contributed by atoms with Gasteiger partial charge in [-0.1, -0.05) is 6.07 Å². The van der Waals surface area contributed by atoms with Gasteiger partial charge in [0.15, 0.2) is 5.82 Å². The van der Waals surface area contributed by atoms with E-state index in [9.17, 15) is 4.79 Å². The van der Waals surface area contributed by atoms with Gasteiger partial charge in [-0.2, -0.15) is 0 Å². The molecule has 0 radical (unpaired) electrons. The number of hydrogen-bond acceptors (Lipinski definition) is 6. The summed E-state index contributed by atoms with van der Waals surface area (Å²) in [7, 11) is 0. The van der Waals surface area contributed by atoms with Crippen molar-refractivity contribution in [3.8, 4) is 11.5 Å². The number of alkyl carbamates (subject to hydrolysis) is 1. The van der Waals surface area contributed by atoms with Crippen LogP contribution in [0.3, 0.4) is 0 Å². The normalized spacial score (nSPS) is 17.1. The van der Waals surface area contributed by atoms with Crippen LogP contribution in [0.4, 0.5) is 10.6 Å². The molecule has 1 saturated heterocycles. The monoisotopic (exact) mass is 369 g/mol. The molecule has 0 bridgehead atoms. The van der Waals surface area contributed by atoms with Gasteiger partial charge in [0.05, 0.1) is 6.04 Å². The third-order valence-corrected chi connectivity index (χ3v) is 4.47. The molecule has 3 heterocycles. The standard InChI is InChI=1S/C20H27N5O2/c1-13-14(2)22-17(16-8-6-7-10-21-16)24-18(13)25-11-9-15(12-25)23-19(26)27-20(3,4)5/h6-8,10,15H,9,11-12H2,1-5H3,(H,23,26)/t15-/m1/s1. The third kappa shape index (κ3) is 4.72. The van der Waals surface area contributed by atoms with Crippen LogP contribution in [0, 0.1) is 13.8 Å². The number of carbonyl (C=O) groups is 1. The second-order valence-corrected chi connectivity index (χ2v) is 7.87. The van der Waals surface area contributed by atoms with E-state index < -0.39 is 5.60 Å². The Morgan fingerprint density at radius 2 is 2.04 bits per heavy atom. The number of carbonyl (C=O) groups excluding carboxylic acids is 1. The summed E-state index contributed by atoms with van der Waals surface area (Å²) in [5.74, 6) is 1.52. The SMILES string of the molecule is Cc1nc(-c2ccccn2)nc(N2CC[C@@H](NC(=O)OC(C)(C)C)C2)c1C. The number of aryl methyl sites for hydroxylation is 1. The van der Waals surface area contributed by atoms with Crippen LogP contribution in [0.1, 0.15) is 38.4 Å². The molecule has 1 atom stereocenters. The molecule has 1 fully saturated rings. The molecule has 144 valence electrons. The topological polar surface area (TPSA) is 80.2 Å². The minimum Gasteiger partial charge on any atom is -0.444 e. The van der Waals surface area contributed by atoms with Gasteiger partial charge in [-0.15, -0.1) is 0 Å². The van der Waals surface area contributed by atoms with Crippen molar-refractivity contribution in [1.82, 2.24) is 20.3 Å². The maximum absolute atomic E-state index is 12.0. The van der Waals surface area contributed by atoms with Crippen LogP contribution >= 0.6 is 0 Å². The second-order valence-electron chi connectivity index (χ2n) is 7.87. The molecule has 1 amide bonds. The van der Waals surface area contributed by atoms with Crippen LogP contribution in [0.15, 0.2) is 24.4 Å². The van der Waals surface area contributed by atoms with E-state index in [0.717, 1.165) is 35.7 Å². The average Bonchev–Trinajstić information content (AvgIpc) is 3.04. The Morgan fingerprint density at radius 3 is 2.70 bits per heavy atom. The van der Waals surface area contributed by atoms with E-state index in [-0.39, 0.29) is 12.1 Å². The van der Waals surface area contributed by atoms with Crippen LogP contribution in [-0.4, -0.2) is 45.8 Å². The number of pyridine rings is 1. The van der Waals surface area contributed by atoms with Gasteiger partial charge < -0.3 is 15.0 Å². The molecular formula is C20H27N5O2. The van der Waals surface area contributed by atoms with Crippen LogP contribution in [-0.2, 0) is 4.74 Å². The van der Waals surface area contributed by atoms with Gasteiger partial charge in [0.2, 0.25) is 0 Å². The first-order chi connectivity index (χ1) is 12.7. The number of rotatable bonds is 3. The van der Waals surface area contributed by atoms with Gasteiger partial charge in [-0.3, -0.25) is 4.98 Å². The first kappa shape index (κ1) is 19.1. The number of nitrogens with zero attached hydrogens (tertiary/aromatic N) is 4. The summed E-state index contributed by atoms with van der Waals surface area (Å²) in [5.41, 5.74) is 2.24. The van der Waals surface area contributed by atoms with Crippen LogP contribution < -0.4 is 10.2 Å². The lowest BCUT2D eigenvalue weighted by Crippen LogP contribution is -2.40. The van der Waals surface area contributed by atoms with Gasteiger partial charge in [-0.05, 0) is 53.2 Å². The van der Waals surface area contributed by atoms with Crippen molar-refractivity contribution in [3.63, 3.8) is 0 Å². The fourth-order valence-corrected chi connectivity index (χ4v) is 3.08. The minimum absolute atomic E-state index is 0.0350. The van der Waals surface area contributed by atoms with Crippen molar-refractivity contribution in [1.29, 1.82) is 0 Å². The number of nitrogens with one attached hydrogen (secondary N) is 1. The highest BCUT2D eigenvalue weighted by Crippen LogP contribution is 2.26. The summed E-state index contributed by atoms with van der Waals surface area (Å²) in [6.07, 6.45) is 2.21. The Kier molecular flexibility index (Phi) is 5.30. The first-order valence-electron chi connectivity index (χ1n) is 9.24. The van der Waals surface area contributed by atoms with Gasteiger partial charge in [0.1, 0.15) is 17.1 Å². The van der Waals surface area contributed by atoms with Crippen molar-refractivity contribution in [3.05, 3.63) is 35.7 Å². The van der Waals surface area contributed by atoms with E-state index in [2.05, 4.69) is 20.2 Å². The number of aromatic nitrogens is 3. The quantitative estimate of drug-likeness (QED) is 0.894. The molecule has 0 spiro atoms. The number of hydrogen-bond donors (Lipinski definition) is 1. The smallest absolute Gasteiger partial charge is 0.407 e. The predicted octanol–water partition coefficient (Wildman–Crippen LogP) is 3.26. The van der Waals surface area contributed by atoms with Crippen LogP contribution in [0.5, 0.6) is 0 Å². The highest BCUT2D eigenvalue weighted by atomic mass is 16.6. The summed E-state index contributed by atoms with van der Waals surface area (Å²) < 4.78 is 5.36. The highest BCUT2D eigenvalue weighted by Gasteiger charge is 2.28. The van der Waals surface area contributed by atoms with Gasteiger partial charge >= 0.3 is 6.09 Å². The molecule has 0 aliphatic carbocycles. The van der Waals surface area contributed by atoms with E-state index >= 15 is 0 Å². The molecule has 2 aromatic rings. The molecule has 1 N–H and O–H groups in total. The average molecular weight is 369 g/mol. The summed E-state index contributed by atoms with van der Waals surface area (Å²) in [5, 5.41) is 2.96. The van der Waals surface area contributed by atoms with E-state index in [0.29, 0.717) is 12.4 Å². The summed E-state index contributed by atoms with van der Waals surface area (Å²) in [6.45, 7) is 11.1. The Balaban J connectivity index is 1.75. The predicted molar refractivity (Wildman–Crippen MR) is 105 cm³/mol. The number of anilines is 1. The van der Waals surface area contributed by atoms with E-state index in [1.54, 1.807) is 6.20 Å². The maximum atomic E-state index is 12.0. The Hall–Kier alpha value is -2.70. The molecule has 7 heteroatoms. The van der Waals surface area contributed by atoms with Crippen molar-refractivity contribution in [2.24, 2.45) is 0 Å². The lowest BCUT2D eigenvalue weighted by Gasteiger charge is -2.23. The summed E-state index contributed by atoms with van der Waals surface area (Å²) in [4.78, 5) is 27.9. The molecule has 1 aliphatic heterocycles. The van der Waals surface area contributed by atoms with Gasteiger partial charge in [-0.25, -0.2) is 14.8 Å². The van der Waals surface area contributed by atoms with Crippen molar-refractivity contribution < 1.29 is 9.53 Å². The maximum Gasteiger partial charge on any atom is 0.407 e. The lowest BCUT2D eigenvalue weighted by atomic mass is 10.2. The zero-order chi connectivity index (χ0) is 19.6. The molecular weight excluding hydrogens is 342 g/mol. The zero-order valence-electron chi connectivity index (χ0n) is 16.6. The number of ether oxygens (including phenoxy) is 1. The highest BCUT2D eigenvalue weighted by molar-refractivity contribution is 5.68. The Morgan fingerprint density at radius 1 is 1.26 bits per heavy atom. The number of amides is 1. The van der Waals surface area contributed by atoms with Crippen LogP contribution in [0.2, 0.25) is 0 Å². The second kappa shape index (κ2) is 7.50. The van der Waals surface area contributed by atoms with Crippen LogP contribution in [0.25, 0.3) is 11.5 Å². The fraction of sp³-hybridized carbons (Fsp3) is 0.500. The third-order valence-electron chi connectivity index (χ3n) is 4.47. The molecule has 7 nitrogen and oxygen atoms in total. The summed E-state index contributed by atoms with van der Waals surface area (Å²) >= 11 is 0. The Labute approximate surface area is 160 Å². The molecule has 2 aromatic heterocycles. The molecule has 3 rings (SSSR count). The van der Waals surface area contributed by atoms with E-state index in [4.69, 9.17) is 9.72 Å². The summed E-state index contributed by atoms with van der Waals surface area (Å²) in [6, 6.07) is 5.74.